The molecule has 118 valence electrons. The molecule has 0 spiro atoms. The van der Waals surface area contributed by atoms with Crippen LogP contribution in [0.1, 0.15) is 29.8 Å². The van der Waals surface area contributed by atoms with Crippen LogP contribution in [0, 0.1) is 11.7 Å². The van der Waals surface area contributed by atoms with Gasteiger partial charge in [0, 0.05) is 31.7 Å². The number of carboxylic acids is 1. The highest BCUT2D eigenvalue weighted by molar-refractivity contribution is 5.87. The number of nitrogens with zero attached hydrogens (tertiary/aromatic N) is 2. The summed E-state index contributed by atoms with van der Waals surface area (Å²) in [4.78, 5) is 15.1. The normalized spacial score (nSPS) is 11.6. The largest absolute Gasteiger partial charge is 0.478 e. The summed E-state index contributed by atoms with van der Waals surface area (Å²) in [6.07, 6.45) is 0. The molecule has 0 aliphatic heterocycles. The average molecular weight is 296 g/mol. The van der Waals surface area contributed by atoms with Gasteiger partial charge >= 0.3 is 5.97 Å². The first-order chi connectivity index (χ1) is 9.79. The van der Waals surface area contributed by atoms with Crippen LogP contribution in [0.25, 0.3) is 0 Å². The SMILES string of the molecule is CC(C)CN(CCN(C)C)Cc1ccc(C(=O)O)cc1F. The van der Waals surface area contributed by atoms with Gasteiger partial charge in [0.05, 0.1) is 5.56 Å². The van der Waals surface area contributed by atoms with Crippen LogP contribution in [0.3, 0.4) is 0 Å². The Balaban J connectivity index is 2.79. The van der Waals surface area contributed by atoms with Gasteiger partial charge in [-0.1, -0.05) is 19.9 Å². The molecule has 0 fully saturated rings. The third-order valence-corrected chi connectivity index (χ3v) is 3.18. The van der Waals surface area contributed by atoms with Gasteiger partial charge in [-0.05, 0) is 32.1 Å². The standard InChI is InChI=1S/C16H25FN2O2/c1-12(2)10-19(8-7-18(3)4)11-14-6-5-13(16(20)21)9-15(14)17/h5-6,9,12H,7-8,10-11H2,1-4H3,(H,20,21). The van der Waals surface area contributed by atoms with Crippen molar-refractivity contribution in [2.24, 2.45) is 5.92 Å². The molecule has 0 aliphatic carbocycles. The lowest BCUT2D eigenvalue weighted by Crippen LogP contribution is -2.34. The fourth-order valence-corrected chi connectivity index (χ4v) is 2.14. The lowest BCUT2D eigenvalue weighted by molar-refractivity contribution is 0.0696. The van der Waals surface area contributed by atoms with Crippen molar-refractivity contribution in [3.8, 4) is 0 Å². The Morgan fingerprint density at radius 2 is 1.95 bits per heavy atom. The first kappa shape index (κ1) is 17.6. The van der Waals surface area contributed by atoms with E-state index in [1.54, 1.807) is 6.07 Å². The smallest absolute Gasteiger partial charge is 0.335 e. The number of rotatable bonds is 8. The van der Waals surface area contributed by atoms with E-state index in [9.17, 15) is 9.18 Å². The highest BCUT2D eigenvalue weighted by Gasteiger charge is 2.13. The van der Waals surface area contributed by atoms with Gasteiger partial charge in [0.15, 0.2) is 0 Å². The third-order valence-electron chi connectivity index (χ3n) is 3.18. The minimum Gasteiger partial charge on any atom is -0.478 e. The van der Waals surface area contributed by atoms with E-state index >= 15 is 0 Å². The number of hydrogen-bond acceptors (Lipinski definition) is 3. The zero-order valence-corrected chi connectivity index (χ0v) is 13.3. The number of halogens is 1. The summed E-state index contributed by atoms with van der Waals surface area (Å²) in [5.74, 6) is -1.06. The second-order valence-corrected chi connectivity index (χ2v) is 6.04. The molecular formula is C16H25FN2O2. The maximum Gasteiger partial charge on any atom is 0.335 e. The third kappa shape index (κ3) is 6.23. The Labute approximate surface area is 126 Å². The molecular weight excluding hydrogens is 271 g/mol. The van der Waals surface area contributed by atoms with E-state index < -0.39 is 11.8 Å². The van der Waals surface area contributed by atoms with Crippen LogP contribution in [0.15, 0.2) is 18.2 Å². The van der Waals surface area contributed by atoms with Crippen molar-refractivity contribution in [1.29, 1.82) is 0 Å². The van der Waals surface area contributed by atoms with Crippen molar-refractivity contribution in [2.45, 2.75) is 20.4 Å². The predicted molar refractivity (Wildman–Crippen MR) is 82.0 cm³/mol. The monoisotopic (exact) mass is 296 g/mol. The molecule has 21 heavy (non-hydrogen) atoms. The van der Waals surface area contributed by atoms with Crippen LogP contribution < -0.4 is 0 Å². The maximum absolute atomic E-state index is 14.0. The van der Waals surface area contributed by atoms with Crippen molar-refractivity contribution < 1.29 is 14.3 Å². The number of likely N-dealkylation sites (N-methyl/N-ethyl adjacent to an activating group) is 1. The fraction of sp³-hybridized carbons (Fsp3) is 0.562. The first-order valence-electron chi connectivity index (χ1n) is 7.18. The van der Waals surface area contributed by atoms with Crippen LogP contribution >= 0.6 is 0 Å². The van der Waals surface area contributed by atoms with E-state index in [0.717, 1.165) is 25.7 Å². The molecule has 0 aliphatic rings. The van der Waals surface area contributed by atoms with E-state index in [4.69, 9.17) is 5.11 Å². The van der Waals surface area contributed by atoms with Crippen molar-refractivity contribution >= 4 is 5.97 Å². The van der Waals surface area contributed by atoms with Gasteiger partial charge < -0.3 is 10.0 Å². The lowest BCUT2D eigenvalue weighted by atomic mass is 10.1. The van der Waals surface area contributed by atoms with Gasteiger partial charge in [-0.15, -0.1) is 0 Å². The second kappa shape index (κ2) is 8.10. The Hall–Kier alpha value is -1.46. The van der Waals surface area contributed by atoms with Gasteiger partial charge in [0.1, 0.15) is 5.82 Å². The summed E-state index contributed by atoms with van der Waals surface area (Å²) in [6, 6.07) is 4.12. The van der Waals surface area contributed by atoms with E-state index in [-0.39, 0.29) is 5.56 Å². The minimum atomic E-state index is -1.10. The summed E-state index contributed by atoms with van der Waals surface area (Å²) >= 11 is 0. The molecule has 5 heteroatoms. The summed E-state index contributed by atoms with van der Waals surface area (Å²) in [5, 5.41) is 8.86. The van der Waals surface area contributed by atoms with Crippen LogP contribution in [-0.4, -0.2) is 54.6 Å². The fourth-order valence-electron chi connectivity index (χ4n) is 2.14. The quantitative estimate of drug-likeness (QED) is 0.800. The summed E-state index contributed by atoms with van der Waals surface area (Å²) in [5.41, 5.74) is 0.527. The van der Waals surface area contributed by atoms with Gasteiger partial charge in [-0.25, -0.2) is 9.18 Å². The van der Waals surface area contributed by atoms with E-state index in [1.165, 1.54) is 6.07 Å². The van der Waals surface area contributed by atoms with Gasteiger partial charge in [0.25, 0.3) is 0 Å². The lowest BCUT2D eigenvalue weighted by Gasteiger charge is -2.26. The van der Waals surface area contributed by atoms with Gasteiger partial charge in [0.2, 0.25) is 0 Å². The van der Waals surface area contributed by atoms with Crippen molar-refractivity contribution in [2.75, 3.05) is 33.7 Å². The van der Waals surface area contributed by atoms with Crippen LogP contribution in [0.2, 0.25) is 0 Å². The molecule has 1 aromatic rings. The highest BCUT2D eigenvalue weighted by atomic mass is 19.1. The zero-order chi connectivity index (χ0) is 16.0. The molecule has 0 radical (unpaired) electrons. The molecule has 0 saturated heterocycles. The van der Waals surface area contributed by atoms with Gasteiger partial charge in [-0.3, -0.25) is 4.90 Å². The topological polar surface area (TPSA) is 43.8 Å². The average Bonchev–Trinajstić information content (AvgIpc) is 2.37. The van der Waals surface area contributed by atoms with E-state index in [0.29, 0.717) is 18.0 Å². The Bertz CT molecular complexity index is 475. The van der Waals surface area contributed by atoms with Crippen molar-refractivity contribution in [1.82, 2.24) is 9.80 Å². The van der Waals surface area contributed by atoms with Crippen LogP contribution in [-0.2, 0) is 6.54 Å². The Kier molecular flexibility index (Phi) is 6.78. The molecule has 0 amide bonds. The van der Waals surface area contributed by atoms with Gasteiger partial charge in [-0.2, -0.15) is 0 Å². The molecule has 0 atom stereocenters. The number of hydrogen-bond donors (Lipinski definition) is 1. The predicted octanol–water partition coefficient (Wildman–Crippen LogP) is 2.54. The minimum absolute atomic E-state index is 0.0139. The summed E-state index contributed by atoms with van der Waals surface area (Å²) in [6.45, 7) is 7.40. The van der Waals surface area contributed by atoms with Crippen LogP contribution in [0.4, 0.5) is 4.39 Å². The van der Waals surface area contributed by atoms with Crippen molar-refractivity contribution in [3.63, 3.8) is 0 Å². The second-order valence-electron chi connectivity index (χ2n) is 6.04. The van der Waals surface area contributed by atoms with Crippen molar-refractivity contribution in [3.05, 3.63) is 35.1 Å². The number of carbonyl (C=O) groups is 1. The maximum atomic E-state index is 14.0. The molecule has 1 aromatic carbocycles. The Morgan fingerprint density at radius 3 is 2.43 bits per heavy atom. The van der Waals surface area contributed by atoms with E-state index in [2.05, 4.69) is 23.6 Å². The molecule has 0 heterocycles. The molecule has 0 bridgehead atoms. The zero-order valence-electron chi connectivity index (χ0n) is 13.3. The summed E-state index contributed by atoms with van der Waals surface area (Å²) in [7, 11) is 4.02. The van der Waals surface area contributed by atoms with Crippen LogP contribution in [0.5, 0.6) is 0 Å². The number of carboxylic acid groups (broad SMARTS) is 1. The molecule has 1 N–H and O–H groups in total. The number of aromatic carboxylic acids is 1. The number of benzene rings is 1. The highest BCUT2D eigenvalue weighted by Crippen LogP contribution is 2.14. The first-order valence-corrected chi connectivity index (χ1v) is 7.18. The molecule has 0 aromatic heterocycles. The van der Waals surface area contributed by atoms with E-state index in [1.807, 2.05) is 14.1 Å². The molecule has 4 nitrogen and oxygen atoms in total. The molecule has 1 rings (SSSR count). The molecule has 0 unspecified atom stereocenters. The molecule has 0 saturated carbocycles. The Morgan fingerprint density at radius 1 is 1.29 bits per heavy atom. The summed E-state index contributed by atoms with van der Waals surface area (Å²) < 4.78 is 14.0.